The van der Waals surface area contributed by atoms with Gasteiger partial charge >= 0.3 is 0 Å². The molecular weight excluding hydrogens is 260 g/mol. The van der Waals surface area contributed by atoms with Crippen LogP contribution >= 0.6 is 34.8 Å². The van der Waals surface area contributed by atoms with Crippen LogP contribution in [0.25, 0.3) is 0 Å². The number of halogens is 3. The fourth-order valence-electron chi connectivity index (χ4n) is 0.671. The van der Waals surface area contributed by atoms with E-state index in [9.17, 15) is 0 Å². The normalized spacial score (nSPS) is 9.20. The van der Waals surface area contributed by atoms with Gasteiger partial charge in [0.05, 0.1) is 13.2 Å². The molecule has 6 heteroatoms. The minimum absolute atomic E-state index is 0.125. The molecule has 0 fully saturated rings. The molecule has 0 unspecified atom stereocenters. The highest BCUT2D eigenvalue weighted by molar-refractivity contribution is 6.63. The summed E-state index contributed by atoms with van der Waals surface area (Å²) in [6.45, 7) is 9.88. The molecule has 0 rings (SSSR count). The van der Waals surface area contributed by atoms with Gasteiger partial charge in [0.25, 0.3) is 0 Å². The van der Waals surface area contributed by atoms with E-state index in [0.717, 1.165) is 0 Å². The lowest BCUT2D eigenvalue weighted by Gasteiger charge is -2.13. The zero-order chi connectivity index (χ0) is 12.7. The van der Waals surface area contributed by atoms with Crippen molar-refractivity contribution in [2.24, 2.45) is 0 Å². The highest BCUT2D eigenvalue weighted by atomic mass is 35.6. The molecule has 0 amide bonds. The molecule has 15 heavy (non-hydrogen) atoms. The molecule has 0 aromatic heterocycles. The predicted octanol–water partition coefficient (Wildman–Crippen LogP) is 2.31. The van der Waals surface area contributed by atoms with Gasteiger partial charge < -0.3 is 15.1 Å². The Labute approximate surface area is 108 Å². The molecule has 0 spiro atoms. The average molecular weight is 283 g/mol. The first-order valence-corrected chi connectivity index (χ1v) is 6.17. The number of hydrogen-bond acceptors (Lipinski definition) is 3. The molecule has 0 radical (unpaired) electrons. The number of hydrogen-bond donors (Lipinski definition) is 2. The molecule has 0 aliphatic rings. The summed E-state index contributed by atoms with van der Waals surface area (Å²) in [7, 11) is 0. The van der Waals surface area contributed by atoms with Crippen LogP contribution in [0.1, 0.15) is 20.8 Å². The number of alkyl halides is 3. The van der Waals surface area contributed by atoms with E-state index in [0.29, 0.717) is 0 Å². The topological polar surface area (TPSA) is 43.7 Å². The summed E-state index contributed by atoms with van der Waals surface area (Å²) in [5, 5.41) is 15.2. The molecule has 0 saturated carbocycles. The smallest absolute Gasteiger partial charge is 0.180 e. The standard InChI is InChI=1S/C6H15N.C2H6O2.CHCl3/c1-4-7(5-2)6-3;3-1-2-4;2-1(3)4/h4-6H2,1-3H3;3-4H,1-2H2;1H. The van der Waals surface area contributed by atoms with Crippen LogP contribution in [-0.2, 0) is 0 Å². The van der Waals surface area contributed by atoms with Crippen LogP contribution in [-0.4, -0.2) is 52.3 Å². The Morgan fingerprint density at radius 1 is 0.867 bits per heavy atom. The summed E-state index contributed by atoms with van der Waals surface area (Å²) in [6, 6.07) is 0. The maximum absolute atomic E-state index is 7.62. The molecule has 96 valence electrons. The van der Waals surface area contributed by atoms with Crippen molar-refractivity contribution in [3.05, 3.63) is 0 Å². The van der Waals surface area contributed by atoms with Crippen LogP contribution in [0.15, 0.2) is 0 Å². The van der Waals surface area contributed by atoms with Crippen LogP contribution in [0, 0.1) is 0 Å². The van der Waals surface area contributed by atoms with E-state index in [4.69, 9.17) is 45.0 Å². The molecule has 0 aliphatic carbocycles. The molecule has 2 N–H and O–H groups in total. The zero-order valence-corrected chi connectivity index (χ0v) is 11.9. The van der Waals surface area contributed by atoms with Crippen LogP contribution in [0.4, 0.5) is 0 Å². The number of aliphatic hydroxyl groups excluding tert-OH is 2. The summed E-state index contributed by atoms with van der Waals surface area (Å²) in [5.74, 6) is 0. The van der Waals surface area contributed by atoms with Gasteiger partial charge in [0.1, 0.15) is 0 Å². The third-order valence-corrected chi connectivity index (χ3v) is 1.44. The Kier molecular flexibility index (Phi) is 28.4. The minimum atomic E-state index is -0.750. The van der Waals surface area contributed by atoms with Gasteiger partial charge in [-0.2, -0.15) is 0 Å². The molecule has 3 nitrogen and oxygen atoms in total. The van der Waals surface area contributed by atoms with E-state index in [1.807, 2.05) is 0 Å². The van der Waals surface area contributed by atoms with Gasteiger partial charge in [-0.3, -0.25) is 0 Å². The van der Waals surface area contributed by atoms with Gasteiger partial charge in [0.2, 0.25) is 0 Å². The van der Waals surface area contributed by atoms with E-state index in [-0.39, 0.29) is 13.2 Å². The molecule has 0 saturated heterocycles. The van der Waals surface area contributed by atoms with Crippen molar-refractivity contribution in [3.8, 4) is 0 Å². The van der Waals surface area contributed by atoms with Gasteiger partial charge in [-0.15, -0.1) is 0 Å². The van der Waals surface area contributed by atoms with E-state index in [1.165, 1.54) is 19.6 Å². The van der Waals surface area contributed by atoms with Crippen LogP contribution in [0.5, 0.6) is 0 Å². The summed E-state index contributed by atoms with van der Waals surface area (Å²) >= 11 is 14.4. The molecule has 0 aliphatic heterocycles. The fraction of sp³-hybridized carbons (Fsp3) is 1.00. The molecule has 0 aromatic rings. The summed E-state index contributed by atoms with van der Waals surface area (Å²) in [5.41, 5.74) is 0. The number of nitrogens with zero attached hydrogens (tertiary/aromatic N) is 1. The van der Waals surface area contributed by atoms with Crippen molar-refractivity contribution in [1.29, 1.82) is 0 Å². The minimum Gasteiger partial charge on any atom is -0.394 e. The van der Waals surface area contributed by atoms with Gasteiger partial charge in [-0.05, 0) is 19.6 Å². The maximum atomic E-state index is 7.62. The monoisotopic (exact) mass is 281 g/mol. The Balaban J connectivity index is -0.000000155. The first kappa shape index (κ1) is 21.1. The van der Waals surface area contributed by atoms with Crippen LogP contribution in [0.2, 0.25) is 0 Å². The Bertz CT molecular complexity index is 83.2. The highest BCUT2D eigenvalue weighted by Crippen LogP contribution is 2.03. The molecular formula is C9H22Cl3NO2. The summed E-state index contributed by atoms with van der Waals surface area (Å²) in [6.07, 6.45) is 0. The summed E-state index contributed by atoms with van der Waals surface area (Å²) < 4.78 is -0.750. The van der Waals surface area contributed by atoms with Crippen LogP contribution in [0.3, 0.4) is 0 Å². The summed E-state index contributed by atoms with van der Waals surface area (Å²) in [4.78, 5) is 2.38. The maximum Gasteiger partial charge on any atom is 0.180 e. The van der Waals surface area contributed by atoms with Crippen molar-refractivity contribution >= 4 is 34.8 Å². The Morgan fingerprint density at radius 3 is 1.07 bits per heavy atom. The average Bonchev–Trinajstić information content (AvgIpc) is 2.20. The second-order valence-electron chi connectivity index (χ2n) is 2.31. The first-order valence-electron chi connectivity index (χ1n) is 4.86. The van der Waals surface area contributed by atoms with E-state index in [1.54, 1.807) is 0 Å². The van der Waals surface area contributed by atoms with E-state index >= 15 is 0 Å². The second kappa shape index (κ2) is 20.2. The third-order valence-electron chi connectivity index (χ3n) is 1.44. The molecule has 0 heterocycles. The van der Waals surface area contributed by atoms with E-state index < -0.39 is 4.30 Å². The number of rotatable bonds is 4. The lowest BCUT2D eigenvalue weighted by molar-refractivity contribution is 0.186. The van der Waals surface area contributed by atoms with Crippen molar-refractivity contribution in [2.75, 3.05) is 32.8 Å². The quantitative estimate of drug-likeness (QED) is 0.778. The van der Waals surface area contributed by atoms with Gasteiger partial charge in [-0.25, -0.2) is 0 Å². The Hall–Kier alpha value is 0.750. The van der Waals surface area contributed by atoms with E-state index in [2.05, 4.69) is 25.7 Å². The largest absolute Gasteiger partial charge is 0.394 e. The second-order valence-corrected chi connectivity index (χ2v) is 4.29. The van der Waals surface area contributed by atoms with Crippen molar-refractivity contribution < 1.29 is 10.2 Å². The van der Waals surface area contributed by atoms with Gasteiger partial charge in [0, 0.05) is 0 Å². The fourth-order valence-corrected chi connectivity index (χ4v) is 0.671. The lowest BCUT2D eigenvalue weighted by atomic mass is 10.5. The van der Waals surface area contributed by atoms with Crippen molar-refractivity contribution in [2.45, 2.75) is 25.1 Å². The van der Waals surface area contributed by atoms with Crippen LogP contribution < -0.4 is 0 Å². The van der Waals surface area contributed by atoms with Gasteiger partial charge in [0.15, 0.2) is 4.30 Å². The molecule has 0 aromatic carbocycles. The third kappa shape index (κ3) is 39.9. The Morgan fingerprint density at radius 2 is 1.07 bits per heavy atom. The predicted molar refractivity (Wildman–Crippen MR) is 69.0 cm³/mol. The zero-order valence-electron chi connectivity index (χ0n) is 9.59. The van der Waals surface area contributed by atoms with Crippen molar-refractivity contribution in [3.63, 3.8) is 0 Å². The van der Waals surface area contributed by atoms with Crippen molar-refractivity contribution in [1.82, 2.24) is 4.90 Å². The highest BCUT2D eigenvalue weighted by Gasteiger charge is 1.89. The SMILES string of the molecule is CCN(CC)CC.ClC(Cl)Cl.OCCO. The molecule has 0 atom stereocenters. The van der Waals surface area contributed by atoms with Gasteiger partial charge in [-0.1, -0.05) is 55.6 Å². The number of aliphatic hydroxyl groups is 2. The lowest BCUT2D eigenvalue weighted by Crippen LogP contribution is -2.21. The molecule has 0 bridgehead atoms. The first-order chi connectivity index (χ1) is 6.99.